The number of ether oxygens (including phenoxy) is 1. The number of aromatic nitrogens is 1. The molecule has 0 unspecified atom stereocenters. The standard InChI is InChI=1S/C20H18ClFN2O3/c1-11-6-12(2)8-15(7-11)26-10-16-13(3)27-24-19(16)20(25)23-14-4-5-18(22)17(21)9-14/h4-9H,10H2,1-3H3,(H,23,25). The zero-order chi connectivity index (χ0) is 19.6. The first-order chi connectivity index (χ1) is 12.8. The van der Waals surface area contributed by atoms with Gasteiger partial charge in [0, 0.05) is 5.69 Å². The molecule has 140 valence electrons. The molecule has 1 heterocycles. The van der Waals surface area contributed by atoms with Crippen LogP contribution in [0, 0.1) is 26.6 Å². The number of carbonyl (C=O) groups is 1. The van der Waals surface area contributed by atoms with Crippen molar-refractivity contribution in [3.8, 4) is 5.75 Å². The van der Waals surface area contributed by atoms with Crippen LogP contribution in [0.15, 0.2) is 40.9 Å². The number of anilines is 1. The van der Waals surface area contributed by atoms with Crippen LogP contribution in [0.4, 0.5) is 10.1 Å². The number of nitrogens with zero attached hydrogens (tertiary/aromatic N) is 1. The van der Waals surface area contributed by atoms with E-state index in [0.717, 1.165) is 11.1 Å². The number of halogens is 2. The molecule has 0 aliphatic heterocycles. The van der Waals surface area contributed by atoms with E-state index in [2.05, 4.69) is 10.5 Å². The van der Waals surface area contributed by atoms with Gasteiger partial charge >= 0.3 is 0 Å². The third kappa shape index (κ3) is 4.46. The van der Waals surface area contributed by atoms with Gasteiger partial charge in [0.05, 0.1) is 10.6 Å². The molecule has 27 heavy (non-hydrogen) atoms. The lowest BCUT2D eigenvalue weighted by Gasteiger charge is -2.09. The molecule has 0 spiro atoms. The molecule has 1 N–H and O–H groups in total. The summed E-state index contributed by atoms with van der Waals surface area (Å²) < 4.78 is 24.2. The van der Waals surface area contributed by atoms with Crippen LogP contribution < -0.4 is 10.1 Å². The molecule has 0 aliphatic carbocycles. The zero-order valence-corrected chi connectivity index (χ0v) is 15.9. The first-order valence-electron chi connectivity index (χ1n) is 8.26. The van der Waals surface area contributed by atoms with Gasteiger partial charge in [-0.05, 0) is 62.2 Å². The Labute approximate surface area is 161 Å². The fourth-order valence-electron chi connectivity index (χ4n) is 2.68. The van der Waals surface area contributed by atoms with Crippen molar-refractivity contribution in [3.05, 3.63) is 75.4 Å². The molecule has 0 bridgehead atoms. The van der Waals surface area contributed by atoms with E-state index >= 15 is 0 Å². The number of rotatable bonds is 5. The molecule has 0 radical (unpaired) electrons. The number of hydrogen-bond donors (Lipinski definition) is 1. The molecule has 1 aromatic heterocycles. The van der Waals surface area contributed by atoms with Crippen LogP contribution in [0.5, 0.6) is 5.75 Å². The normalized spacial score (nSPS) is 10.7. The second-order valence-corrected chi connectivity index (χ2v) is 6.67. The Kier molecular flexibility index (Phi) is 5.46. The van der Waals surface area contributed by atoms with Crippen LogP contribution in [0.2, 0.25) is 5.02 Å². The average molecular weight is 389 g/mol. The highest BCUT2D eigenvalue weighted by Gasteiger charge is 2.21. The second-order valence-electron chi connectivity index (χ2n) is 6.26. The van der Waals surface area contributed by atoms with E-state index in [1.165, 1.54) is 18.2 Å². The van der Waals surface area contributed by atoms with Crippen LogP contribution in [0.3, 0.4) is 0 Å². The fourth-order valence-corrected chi connectivity index (χ4v) is 2.86. The van der Waals surface area contributed by atoms with Gasteiger partial charge in [-0.1, -0.05) is 22.8 Å². The Morgan fingerprint density at radius 3 is 2.56 bits per heavy atom. The quantitative estimate of drug-likeness (QED) is 0.650. The van der Waals surface area contributed by atoms with Crippen molar-refractivity contribution in [1.82, 2.24) is 5.16 Å². The van der Waals surface area contributed by atoms with Crippen LogP contribution in [-0.2, 0) is 6.61 Å². The maximum atomic E-state index is 13.3. The third-order valence-electron chi connectivity index (χ3n) is 3.96. The molecule has 0 aliphatic rings. The van der Waals surface area contributed by atoms with Crippen LogP contribution in [-0.4, -0.2) is 11.1 Å². The summed E-state index contributed by atoms with van der Waals surface area (Å²) in [5, 5.41) is 6.37. The minimum Gasteiger partial charge on any atom is -0.489 e. The molecule has 0 saturated carbocycles. The predicted octanol–water partition coefficient (Wildman–Crippen LogP) is 5.22. The predicted molar refractivity (Wildman–Crippen MR) is 101 cm³/mol. The number of hydrogen-bond acceptors (Lipinski definition) is 4. The minimum atomic E-state index is -0.561. The molecule has 2 aromatic carbocycles. The van der Waals surface area contributed by atoms with Crippen LogP contribution >= 0.6 is 11.6 Å². The van der Waals surface area contributed by atoms with E-state index < -0.39 is 11.7 Å². The summed E-state index contributed by atoms with van der Waals surface area (Å²) in [6, 6.07) is 9.79. The number of aryl methyl sites for hydroxylation is 3. The van der Waals surface area contributed by atoms with Gasteiger partial charge < -0.3 is 14.6 Å². The van der Waals surface area contributed by atoms with Gasteiger partial charge in [0.2, 0.25) is 0 Å². The molecule has 7 heteroatoms. The van der Waals surface area contributed by atoms with E-state index in [0.29, 0.717) is 22.8 Å². The topological polar surface area (TPSA) is 64.4 Å². The van der Waals surface area contributed by atoms with Crippen molar-refractivity contribution in [2.24, 2.45) is 0 Å². The first-order valence-corrected chi connectivity index (χ1v) is 8.64. The van der Waals surface area contributed by atoms with Gasteiger partial charge in [-0.15, -0.1) is 0 Å². The molecule has 0 saturated heterocycles. The van der Waals surface area contributed by atoms with E-state index in [1.807, 2.05) is 32.0 Å². The Bertz CT molecular complexity index is 981. The van der Waals surface area contributed by atoms with Crippen molar-refractivity contribution in [2.75, 3.05) is 5.32 Å². The van der Waals surface area contributed by atoms with E-state index in [4.69, 9.17) is 20.9 Å². The maximum Gasteiger partial charge on any atom is 0.278 e. The Morgan fingerprint density at radius 2 is 1.89 bits per heavy atom. The fraction of sp³-hybridized carbons (Fsp3) is 0.200. The van der Waals surface area contributed by atoms with E-state index in [1.54, 1.807) is 6.92 Å². The number of nitrogens with one attached hydrogen (secondary N) is 1. The van der Waals surface area contributed by atoms with Crippen LogP contribution in [0.25, 0.3) is 0 Å². The lowest BCUT2D eigenvalue weighted by Crippen LogP contribution is -2.15. The van der Waals surface area contributed by atoms with E-state index in [-0.39, 0.29) is 17.3 Å². The van der Waals surface area contributed by atoms with Gasteiger partial charge in [0.1, 0.15) is 23.9 Å². The smallest absolute Gasteiger partial charge is 0.278 e. The SMILES string of the molecule is Cc1cc(C)cc(OCc2c(C(=O)Nc3ccc(F)c(Cl)c3)noc2C)c1. The van der Waals surface area contributed by atoms with Gasteiger partial charge in [-0.3, -0.25) is 4.79 Å². The molecular formula is C20H18ClFN2O3. The Hall–Kier alpha value is -2.86. The summed E-state index contributed by atoms with van der Waals surface area (Å²) >= 11 is 5.74. The van der Waals surface area contributed by atoms with Crippen LogP contribution in [0.1, 0.15) is 32.9 Å². The molecule has 3 aromatic rings. The Morgan fingerprint density at radius 1 is 1.19 bits per heavy atom. The minimum absolute atomic E-state index is 0.0810. The third-order valence-corrected chi connectivity index (χ3v) is 4.25. The van der Waals surface area contributed by atoms with E-state index in [9.17, 15) is 9.18 Å². The number of amides is 1. The maximum absolute atomic E-state index is 13.3. The molecule has 0 atom stereocenters. The summed E-state index contributed by atoms with van der Waals surface area (Å²) in [5.41, 5.74) is 3.17. The van der Waals surface area contributed by atoms with Gasteiger partial charge in [0.25, 0.3) is 5.91 Å². The lowest BCUT2D eigenvalue weighted by molar-refractivity contribution is 0.101. The van der Waals surface area contributed by atoms with Gasteiger partial charge in [-0.2, -0.15) is 0 Å². The number of carbonyl (C=O) groups excluding carboxylic acids is 1. The molecule has 5 nitrogen and oxygen atoms in total. The molecular weight excluding hydrogens is 371 g/mol. The summed E-state index contributed by atoms with van der Waals surface area (Å²) in [5.74, 6) is 0.134. The highest BCUT2D eigenvalue weighted by molar-refractivity contribution is 6.31. The zero-order valence-electron chi connectivity index (χ0n) is 15.1. The molecule has 3 rings (SSSR count). The second kappa shape index (κ2) is 7.80. The van der Waals surface area contributed by atoms with Crippen molar-refractivity contribution in [1.29, 1.82) is 0 Å². The van der Waals surface area contributed by atoms with Crippen molar-refractivity contribution < 1.29 is 18.4 Å². The highest BCUT2D eigenvalue weighted by atomic mass is 35.5. The summed E-state index contributed by atoms with van der Waals surface area (Å²) in [6.07, 6.45) is 0. The average Bonchev–Trinajstić information content (AvgIpc) is 2.96. The lowest BCUT2D eigenvalue weighted by atomic mass is 10.1. The molecule has 0 fully saturated rings. The highest BCUT2D eigenvalue weighted by Crippen LogP contribution is 2.23. The molecule has 1 amide bonds. The summed E-state index contributed by atoms with van der Waals surface area (Å²) in [7, 11) is 0. The monoisotopic (exact) mass is 388 g/mol. The first kappa shape index (κ1) is 18.9. The summed E-state index contributed by atoms with van der Waals surface area (Å²) in [4.78, 5) is 12.5. The van der Waals surface area contributed by atoms with Gasteiger partial charge in [-0.25, -0.2) is 4.39 Å². The summed E-state index contributed by atoms with van der Waals surface area (Å²) in [6.45, 7) is 5.80. The number of benzene rings is 2. The van der Waals surface area contributed by atoms with Crippen molar-refractivity contribution in [2.45, 2.75) is 27.4 Å². The largest absolute Gasteiger partial charge is 0.489 e. The van der Waals surface area contributed by atoms with Crippen molar-refractivity contribution >= 4 is 23.2 Å². The Balaban J connectivity index is 1.77. The van der Waals surface area contributed by atoms with Crippen molar-refractivity contribution in [3.63, 3.8) is 0 Å². The van der Waals surface area contributed by atoms with Gasteiger partial charge in [0.15, 0.2) is 5.69 Å².